The van der Waals surface area contributed by atoms with Crippen LogP contribution in [-0.4, -0.2) is 12.8 Å². The van der Waals surface area contributed by atoms with Crippen LogP contribution in [0.15, 0.2) is 35.9 Å². The zero-order valence-electron chi connectivity index (χ0n) is 10.4. The van der Waals surface area contributed by atoms with Gasteiger partial charge in [0.25, 0.3) is 0 Å². The van der Waals surface area contributed by atoms with Gasteiger partial charge in [-0.15, -0.1) is 6.42 Å². The molecule has 0 saturated heterocycles. The fourth-order valence-corrected chi connectivity index (χ4v) is 1.82. The monoisotopic (exact) mass is 227 g/mol. The van der Waals surface area contributed by atoms with Crippen molar-refractivity contribution in [3.8, 4) is 12.3 Å². The third kappa shape index (κ3) is 2.98. The molecular weight excluding hydrogens is 210 g/mol. The summed E-state index contributed by atoms with van der Waals surface area (Å²) < 4.78 is 0. The number of nitrogens with one attached hydrogen (secondary N) is 1. The second-order valence-corrected chi connectivity index (χ2v) is 3.85. The maximum Gasteiger partial charge on any atom is 0.159 e. The van der Waals surface area contributed by atoms with Crippen molar-refractivity contribution in [3.05, 3.63) is 41.5 Å². The molecule has 0 aliphatic carbocycles. The van der Waals surface area contributed by atoms with Crippen LogP contribution in [0, 0.1) is 18.3 Å². The number of ketones is 1. The average Bonchev–Trinajstić information content (AvgIpc) is 2.35. The maximum atomic E-state index is 11.7. The molecule has 0 bridgehead atoms. The van der Waals surface area contributed by atoms with E-state index in [1.165, 1.54) is 0 Å². The standard InChI is InChI=1S/C15H17NO/c1-5-11(2)14(12(3)17)15(16-4)13-9-7-6-8-10-13/h1,6-11,16H,2-4H3/b15-14-. The first-order valence-electron chi connectivity index (χ1n) is 5.56. The quantitative estimate of drug-likeness (QED) is 0.632. The van der Waals surface area contributed by atoms with Crippen molar-refractivity contribution in [1.29, 1.82) is 0 Å². The summed E-state index contributed by atoms with van der Waals surface area (Å²) in [7, 11) is 1.80. The zero-order chi connectivity index (χ0) is 12.8. The molecule has 1 N–H and O–H groups in total. The van der Waals surface area contributed by atoms with Gasteiger partial charge in [-0.3, -0.25) is 4.79 Å². The van der Waals surface area contributed by atoms with Gasteiger partial charge in [-0.1, -0.05) is 36.3 Å². The summed E-state index contributed by atoms with van der Waals surface area (Å²) in [6, 6.07) is 9.72. The number of carbonyl (C=O) groups is 1. The highest BCUT2D eigenvalue weighted by Gasteiger charge is 2.17. The van der Waals surface area contributed by atoms with E-state index < -0.39 is 0 Å². The number of terminal acetylenes is 1. The molecule has 2 nitrogen and oxygen atoms in total. The molecule has 88 valence electrons. The molecule has 0 fully saturated rings. The van der Waals surface area contributed by atoms with E-state index in [0.29, 0.717) is 5.57 Å². The third-order valence-corrected chi connectivity index (χ3v) is 2.64. The molecule has 0 heterocycles. The van der Waals surface area contributed by atoms with E-state index in [1.807, 2.05) is 37.3 Å². The maximum absolute atomic E-state index is 11.7. The second-order valence-electron chi connectivity index (χ2n) is 3.85. The van der Waals surface area contributed by atoms with Crippen LogP contribution in [-0.2, 0) is 4.79 Å². The summed E-state index contributed by atoms with van der Waals surface area (Å²) >= 11 is 0. The Hall–Kier alpha value is -2.01. The van der Waals surface area contributed by atoms with Gasteiger partial charge < -0.3 is 5.32 Å². The summed E-state index contributed by atoms with van der Waals surface area (Å²) in [4.78, 5) is 11.7. The zero-order valence-corrected chi connectivity index (χ0v) is 10.4. The summed E-state index contributed by atoms with van der Waals surface area (Å²) in [5.41, 5.74) is 2.44. The molecule has 1 aromatic rings. The lowest BCUT2D eigenvalue weighted by Gasteiger charge is -2.15. The number of hydrogen-bond acceptors (Lipinski definition) is 2. The Morgan fingerprint density at radius 3 is 2.35 bits per heavy atom. The highest BCUT2D eigenvalue weighted by molar-refractivity contribution is 6.01. The minimum Gasteiger partial charge on any atom is -0.387 e. The molecule has 0 radical (unpaired) electrons. The molecule has 1 rings (SSSR count). The molecule has 17 heavy (non-hydrogen) atoms. The molecule has 1 aromatic carbocycles. The van der Waals surface area contributed by atoms with Crippen molar-refractivity contribution < 1.29 is 4.79 Å². The lowest BCUT2D eigenvalue weighted by Crippen LogP contribution is -2.16. The van der Waals surface area contributed by atoms with Crippen LogP contribution < -0.4 is 5.32 Å². The van der Waals surface area contributed by atoms with Crippen molar-refractivity contribution >= 4 is 11.5 Å². The largest absolute Gasteiger partial charge is 0.387 e. The normalized spacial score (nSPS) is 13.3. The van der Waals surface area contributed by atoms with Crippen LogP contribution >= 0.6 is 0 Å². The third-order valence-electron chi connectivity index (χ3n) is 2.64. The van der Waals surface area contributed by atoms with Gasteiger partial charge in [0.15, 0.2) is 5.78 Å². The molecule has 0 aromatic heterocycles. The van der Waals surface area contributed by atoms with E-state index in [1.54, 1.807) is 14.0 Å². The Balaban J connectivity index is 3.38. The van der Waals surface area contributed by atoms with E-state index in [4.69, 9.17) is 6.42 Å². The second kappa shape index (κ2) is 5.91. The Kier molecular flexibility index (Phi) is 4.54. The van der Waals surface area contributed by atoms with Gasteiger partial charge in [-0.2, -0.15) is 0 Å². The summed E-state index contributed by atoms with van der Waals surface area (Å²) in [5, 5.41) is 3.08. The summed E-state index contributed by atoms with van der Waals surface area (Å²) in [6.07, 6.45) is 5.42. The number of allylic oxidation sites excluding steroid dienone is 1. The topological polar surface area (TPSA) is 29.1 Å². The molecule has 0 saturated carbocycles. The van der Waals surface area contributed by atoms with Gasteiger partial charge in [0.2, 0.25) is 0 Å². The van der Waals surface area contributed by atoms with Gasteiger partial charge in [0, 0.05) is 24.2 Å². The highest BCUT2D eigenvalue weighted by atomic mass is 16.1. The molecule has 0 aliphatic heterocycles. The van der Waals surface area contributed by atoms with Crippen LogP contribution in [0.2, 0.25) is 0 Å². The first-order valence-corrected chi connectivity index (χ1v) is 5.56. The van der Waals surface area contributed by atoms with Crippen LogP contribution in [0.25, 0.3) is 5.70 Å². The van der Waals surface area contributed by atoms with Gasteiger partial charge in [0.1, 0.15) is 0 Å². The van der Waals surface area contributed by atoms with Crippen molar-refractivity contribution in [1.82, 2.24) is 5.32 Å². The van der Waals surface area contributed by atoms with Gasteiger partial charge in [-0.25, -0.2) is 0 Å². The van der Waals surface area contributed by atoms with Gasteiger partial charge in [0.05, 0.1) is 0 Å². The van der Waals surface area contributed by atoms with Gasteiger partial charge >= 0.3 is 0 Å². The molecule has 0 aliphatic rings. The number of rotatable bonds is 4. The molecule has 0 amide bonds. The minimum absolute atomic E-state index is 0.00338. The molecule has 2 heteroatoms. The number of Topliss-reactive ketones (excluding diaryl/α,β-unsaturated/α-hetero) is 1. The first kappa shape index (κ1) is 13.1. The number of carbonyl (C=O) groups excluding carboxylic acids is 1. The van der Waals surface area contributed by atoms with Crippen molar-refractivity contribution in [2.24, 2.45) is 5.92 Å². The fraction of sp³-hybridized carbons (Fsp3) is 0.267. The van der Waals surface area contributed by atoms with E-state index in [-0.39, 0.29) is 11.7 Å². The van der Waals surface area contributed by atoms with Gasteiger partial charge in [-0.05, 0) is 19.4 Å². The lowest BCUT2D eigenvalue weighted by molar-refractivity contribution is -0.113. The minimum atomic E-state index is -0.199. The van der Waals surface area contributed by atoms with E-state index in [0.717, 1.165) is 11.3 Å². The lowest BCUT2D eigenvalue weighted by atomic mass is 9.93. The van der Waals surface area contributed by atoms with Crippen LogP contribution in [0.3, 0.4) is 0 Å². The highest BCUT2D eigenvalue weighted by Crippen LogP contribution is 2.22. The molecule has 1 atom stereocenters. The average molecular weight is 227 g/mol. The molecule has 0 spiro atoms. The van der Waals surface area contributed by atoms with Crippen LogP contribution in [0.4, 0.5) is 0 Å². The predicted molar refractivity (Wildman–Crippen MR) is 71.1 cm³/mol. The summed E-state index contributed by atoms with van der Waals surface area (Å²) in [6.45, 7) is 3.40. The van der Waals surface area contributed by atoms with E-state index in [2.05, 4.69) is 11.2 Å². The predicted octanol–water partition coefficient (Wildman–Crippen LogP) is 2.48. The Morgan fingerprint density at radius 2 is 1.94 bits per heavy atom. The fourth-order valence-electron chi connectivity index (χ4n) is 1.82. The van der Waals surface area contributed by atoms with Crippen LogP contribution in [0.5, 0.6) is 0 Å². The summed E-state index contributed by atoms with van der Waals surface area (Å²) in [5.74, 6) is 2.42. The van der Waals surface area contributed by atoms with Crippen molar-refractivity contribution in [2.75, 3.05) is 7.05 Å². The molecular formula is C15H17NO. The Morgan fingerprint density at radius 1 is 1.35 bits per heavy atom. The number of benzene rings is 1. The first-order chi connectivity index (χ1) is 8.11. The SMILES string of the molecule is C#CC(C)/C(C(C)=O)=C(/NC)c1ccccc1. The molecule has 1 unspecified atom stereocenters. The Bertz CT molecular complexity index is 465. The van der Waals surface area contributed by atoms with E-state index >= 15 is 0 Å². The van der Waals surface area contributed by atoms with Crippen molar-refractivity contribution in [2.45, 2.75) is 13.8 Å². The smallest absolute Gasteiger partial charge is 0.159 e. The number of hydrogen-bond donors (Lipinski definition) is 1. The van der Waals surface area contributed by atoms with Crippen molar-refractivity contribution in [3.63, 3.8) is 0 Å². The Labute approximate surface area is 103 Å². The van der Waals surface area contributed by atoms with Crippen LogP contribution in [0.1, 0.15) is 19.4 Å². The van der Waals surface area contributed by atoms with E-state index in [9.17, 15) is 4.79 Å².